The van der Waals surface area contributed by atoms with Gasteiger partial charge < -0.3 is 25.4 Å². The van der Waals surface area contributed by atoms with E-state index in [1.54, 1.807) is 12.1 Å². The van der Waals surface area contributed by atoms with E-state index in [2.05, 4.69) is 0 Å². The van der Waals surface area contributed by atoms with Gasteiger partial charge in [0.05, 0.1) is 20.8 Å². The van der Waals surface area contributed by atoms with Gasteiger partial charge in [-0.05, 0) is 24.1 Å². The van der Waals surface area contributed by atoms with Crippen molar-refractivity contribution in [3.63, 3.8) is 0 Å². The highest BCUT2D eigenvalue weighted by Gasteiger charge is 2.09. The molecule has 0 radical (unpaired) electrons. The van der Waals surface area contributed by atoms with E-state index in [1.807, 2.05) is 12.2 Å². The molecule has 1 aromatic carbocycles. The highest BCUT2D eigenvalue weighted by atomic mass is 35.5. The first-order chi connectivity index (χ1) is 8.62. The van der Waals surface area contributed by atoms with Crippen LogP contribution in [-0.2, 0) is 0 Å². The molecule has 0 spiro atoms. The van der Waals surface area contributed by atoms with E-state index in [0.29, 0.717) is 17.9 Å². The number of phenolic OH excluding ortho intramolecular Hbond substituents is 1. The second kappa shape index (κ2) is 8.63. The monoisotopic (exact) mass is 289 g/mol. The van der Waals surface area contributed by atoms with Crippen LogP contribution in [0.5, 0.6) is 17.2 Å². The highest BCUT2D eigenvalue weighted by molar-refractivity contribution is 5.85. The van der Waals surface area contributed by atoms with Crippen LogP contribution in [-0.4, -0.2) is 37.1 Å². The van der Waals surface area contributed by atoms with Gasteiger partial charge in [-0.2, -0.15) is 0 Å². The molecule has 6 heteroatoms. The third-order valence-electron chi connectivity index (χ3n) is 2.49. The minimum absolute atomic E-state index is 0. The van der Waals surface area contributed by atoms with Gasteiger partial charge in [-0.1, -0.05) is 12.2 Å². The summed E-state index contributed by atoms with van der Waals surface area (Å²) >= 11 is 0. The van der Waals surface area contributed by atoms with Crippen molar-refractivity contribution in [3.8, 4) is 17.2 Å². The zero-order chi connectivity index (χ0) is 13.5. The van der Waals surface area contributed by atoms with Crippen LogP contribution in [0.3, 0.4) is 0 Å². The lowest BCUT2D eigenvalue weighted by Crippen LogP contribution is -2.22. The molecular formula is C13H20ClNO4. The Balaban J connectivity index is 0.00000324. The molecule has 0 aliphatic heterocycles. The third-order valence-corrected chi connectivity index (χ3v) is 2.49. The molecule has 0 aliphatic rings. The van der Waals surface area contributed by atoms with Crippen LogP contribution in [0.2, 0.25) is 0 Å². The van der Waals surface area contributed by atoms with Crippen LogP contribution in [0.4, 0.5) is 0 Å². The van der Waals surface area contributed by atoms with Crippen LogP contribution in [0, 0.1) is 0 Å². The van der Waals surface area contributed by atoms with E-state index in [0.717, 1.165) is 5.56 Å². The largest absolute Gasteiger partial charge is 0.502 e. The minimum Gasteiger partial charge on any atom is -0.502 e. The number of hydrogen-bond acceptors (Lipinski definition) is 5. The van der Waals surface area contributed by atoms with Crippen molar-refractivity contribution in [1.82, 2.24) is 0 Å². The fourth-order valence-electron chi connectivity index (χ4n) is 1.46. The van der Waals surface area contributed by atoms with Crippen LogP contribution in [0.15, 0.2) is 18.2 Å². The summed E-state index contributed by atoms with van der Waals surface area (Å²) in [5.74, 6) is 0.671. The Morgan fingerprint density at radius 2 is 1.79 bits per heavy atom. The molecule has 0 amide bonds. The number of halogens is 1. The van der Waals surface area contributed by atoms with Gasteiger partial charge in [0.1, 0.15) is 0 Å². The first-order valence-corrected chi connectivity index (χ1v) is 5.60. The topological polar surface area (TPSA) is 84.9 Å². The van der Waals surface area contributed by atoms with Gasteiger partial charge in [-0.25, -0.2) is 0 Å². The lowest BCUT2D eigenvalue weighted by atomic mass is 10.1. The predicted octanol–water partition coefficient (Wildman–Crippen LogP) is 1.55. The smallest absolute Gasteiger partial charge is 0.200 e. The Bertz CT molecular complexity index is 398. The average molecular weight is 290 g/mol. The number of aliphatic hydroxyl groups is 1. The lowest BCUT2D eigenvalue weighted by molar-refractivity contribution is 0.267. The molecule has 0 aromatic heterocycles. The Morgan fingerprint density at radius 1 is 1.26 bits per heavy atom. The molecule has 0 aliphatic carbocycles. The first-order valence-electron chi connectivity index (χ1n) is 5.60. The highest BCUT2D eigenvalue weighted by Crippen LogP contribution is 2.37. The van der Waals surface area contributed by atoms with Crippen LogP contribution in [0.1, 0.15) is 12.0 Å². The fourth-order valence-corrected chi connectivity index (χ4v) is 1.46. The summed E-state index contributed by atoms with van der Waals surface area (Å²) in [6.45, 7) is -0.0490. The summed E-state index contributed by atoms with van der Waals surface area (Å²) < 4.78 is 10.1. The second-order valence-corrected chi connectivity index (χ2v) is 3.85. The van der Waals surface area contributed by atoms with Gasteiger partial charge in [-0.3, -0.25) is 0 Å². The molecule has 5 nitrogen and oxygen atoms in total. The van der Waals surface area contributed by atoms with Crippen LogP contribution >= 0.6 is 12.4 Å². The zero-order valence-corrected chi connectivity index (χ0v) is 11.8. The van der Waals surface area contributed by atoms with E-state index >= 15 is 0 Å². The number of aliphatic hydroxyl groups excluding tert-OH is 1. The molecule has 1 rings (SSSR count). The first kappa shape index (κ1) is 17.6. The summed E-state index contributed by atoms with van der Waals surface area (Å²) in [6, 6.07) is 3.12. The molecule has 1 atom stereocenters. The second-order valence-electron chi connectivity index (χ2n) is 3.85. The molecule has 0 saturated heterocycles. The number of benzene rings is 1. The Hall–Kier alpha value is -1.43. The number of hydrogen-bond donors (Lipinski definition) is 3. The van der Waals surface area contributed by atoms with Crippen molar-refractivity contribution < 1.29 is 19.7 Å². The summed E-state index contributed by atoms with van der Waals surface area (Å²) in [5.41, 5.74) is 6.41. The van der Waals surface area contributed by atoms with Crippen LogP contribution < -0.4 is 15.2 Å². The quantitative estimate of drug-likeness (QED) is 0.740. The standard InChI is InChI=1S/C13H19NO4.ClH/c1-17-11-6-9(4-3-5-10(14)8-15)7-12(18-2)13(11)16;/h3-4,6-7,10,15-16H,5,8,14H2,1-2H3;1H/b4-3+;. The Labute approximate surface area is 119 Å². The molecule has 0 bridgehead atoms. The van der Waals surface area contributed by atoms with E-state index in [4.69, 9.17) is 20.3 Å². The summed E-state index contributed by atoms with van der Waals surface area (Å²) in [4.78, 5) is 0. The SMILES string of the molecule is COc1cc(/C=C/CC(N)CO)cc(OC)c1O.Cl. The van der Waals surface area contributed by atoms with Gasteiger partial charge in [0, 0.05) is 6.04 Å². The molecule has 108 valence electrons. The molecule has 19 heavy (non-hydrogen) atoms. The Morgan fingerprint density at radius 3 is 2.21 bits per heavy atom. The van der Waals surface area contributed by atoms with Crippen molar-refractivity contribution in [3.05, 3.63) is 23.8 Å². The predicted molar refractivity (Wildman–Crippen MR) is 77.2 cm³/mol. The van der Waals surface area contributed by atoms with Gasteiger partial charge in [0.2, 0.25) is 5.75 Å². The fraction of sp³-hybridized carbons (Fsp3) is 0.385. The number of nitrogens with two attached hydrogens (primary N) is 1. The van der Waals surface area contributed by atoms with Gasteiger partial charge in [-0.15, -0.1) is 12.4 Å². The minimum atomic E-state index is -0.262. The summed E-state index contributed by atoms with van der Waals surface area (Å²) in [6.07, 6.45) is 4.26. The zero-order valence-electron chi connectivity index (χ0n) is 11.0. The molecule has 0 fully saturated rings. The van der Waals surface area contributed by atoms with Gasteiger partial charge in [0.15, 0.2) is 11.5 Å². The van der Waals surface area contributed by atoms with Crippen molar-refractivity contribution >= 4 is 18.5 Å². The number of aromatic hydroxyl groups is 1. The maximum atomic E-state index is 9.74. The molecule has 4 N–H and O–H groups in total. The average Bonchev–Trinajstić information content (AvgIpc) is 2.39. The number of methoxy groups -OCH3 is 2. The van der Waals surface area contributed by atoms with Gasteiger partial charge in [0.25, 0.3) is 0 Å². The van der Waals surface area contributed by atoms with Crippen molar-refractivity contribution in [2.24, 2.45) is 5.73 Å². The summed E-state index contributed by atoms with van der Waals surface area (Å²) in [7, 11) is 2.95. The van der Waals surface area contributed by atoms with Crippen molar-refractivity contribution in [1.29, 1.82) is 0 Å². The molecule has 1 unspecified atom stereocenters. The Kier molecular flexibility index (Phi) is 7.98. The molecular weight excluding hydrogens is 270 g/mol. The summed E-state index contributed by atoms with van der Waals surface area (Å²) in [5, 5.41) is 18.5. The molecule has 0 saturated carbocycles. The van der Waals surface area contributed by atoms with E-state index in [1.165, 1.54) is 14.2 Å². The van der Waals surface area contributed by atoms with E-state index in [-0.39, 0.29) is 30.8 Å². The van der Waals surface area contributed by atoms with Gasteiger partial charge >= 0.3 is 0 Å². The van der Waals surface area contributed by atoms with E-state index in [9.17, 15) is 5.11 Å². The lowest BCUT2D eigenvalue weighted by Gasteiger charge is -2.09. The normalized spacial score (nSPS) is 12.0. The maximum Gasteiger partial charge on any atom is 0.200 e. The number of rotatable bonds is 6. The molecule has 0 heterocycles. The van der Waals surface area contributed by atoms with Crippen molar-refractivity contribution in [2.45, 2.75) is 12.5 Å². The van der Waals surface area contributed by atoms with Crippen molar-refractivity contribution in [2.75, 3.05) is 20.8 Å². The number of phenols is 1. The third kappa shape index (κ3) is 4.98. The van der Waals surface area contributed by atoms with Crippen LogP contribution in [0.25, 0.3) is 6.08 Å². The maximum absolute atomic E-state index is 9.74. The number of ether oxygens (including phenoxy) is 2. The molecule has 1 aromatic rings. The van der Waals surface area contributed by atoms with E-state index < -0.39 is 0 Å².